The lowest BCUT2D eigenvalue weighted by Crippen LogP contribution is -2.22. The summed E-state index contributed by atoms with van der Waals surface area (Å²) in [6, 6.07) is 8.94. The Morgan fingerprint density at radius 1 is 1.11 bits per heavy atom. The average Bonchev–Trinajstić information content (AvgIpc) is 2.76. The first-order valence-corrected chi connectivity index (χ1v) is 7.07. The molecule has 1 nitrogen and oxygen atoms in total. The Labute approximate surface area is 116 Å². The van der Waals surface area contributed by atoms with Gasteiger partial charge in [-0.05, 0) is 48.6 Å². The molecule has 0 bridgehead atoms. The van der Waals surface area contributed by atoms with Crippen molar-refractivity contribution < 1.29 is 4.39 Å². The highest BCUT2D eigenvalue weighted by atomic mass is 35.5. The maximum absolute atomic E-state index is 12.8. The van der Waals surface area contributed by atoms with Gasteiger partial charge in [0.2, 0.25) is 0 Å². The Bertz CT molecular complexity index is 509. The number of rotatable bonds is 4. The van der Waals surface area contributed by atoms with E-state index in [-0.39, 0.29) is 17.9 Å². The second-order valence-corrected chi connectivity index (χ2v) is 5.89. The lowest BCUT2D eigenvalue weighted by Gasteiger charge is -2.19. The van der Waals surface area contributed by atoms with Crippen molar-refractivity contribution in [2.45, 2.75) is 25.9 Å². The molecular formula is C14H15ClFNS. The summed E-state index contributed by atoms with van der Waals surface area (Å²) in [4.78, 5) is 0. The standard InChI is InChI=1S/C14H15ClFNS/c1-9(11-3-5-13(16)6-4-11)17-10(2)12-7-14(15)18-8-12/h3-10,17H,1-2H3. The van der Waals surface area contributed by atoms with Gasteiger partial charge in [0.05, 0.1) is 4.34 Å². The van der Waals surface area contributed by atoms with Gasteiger partial charge in [0, 0.05) is 12.1 Å². The van der Waals surface area contributed by atoms with E-state index < -0.39 is 0 Å². The first-order valence-electron chi connectivity index (χ1n) is 5.81. The van der Waals surface area contributed by atoms with Gasteiger partial charge >= 0.3 is 0 Å². The van der Waals surface area contributed by atoms with Crippen LogP contribution in [0.3, 0.4) is 0 Å². The van der Waals surface area contributed by atoms with Crippen LogP contribution in [0, 0.1) is 5.82 Å². The molecule has 2 aromatic rings. The van der Waals surface area contributed by atoms with Crippen LogP contribution in [0.15, 0.2) is 35.7 Å². The highest BCUT2D eigenvalue weighted by Gasteiger charge is 2.12. The maximum Gasteiger partial charge on any atom is 0.123 e. The molecule has 0 spiro atoms. The second kappa shape index (κ2) is 5.83. The summed E-state index contributed by atoms with van der Waals surface area (Å²) < 4.78 is 13.6. The molecule has 1 heterocycles. The van der Waals surface area contributed by atoms with Crippen LogP contribution in [-0.4, -0.2) is 0 Å². The highest BCUT2D eigenvalue weighted by Crippen LogP contribution is 2.26. The second-order valence-electron chi connectivity index (χ2n) is 4.35. The van der Waals surface area contributed by atoms with Gasteiger partial charge in [0.1, 0.15) is 5.82 Å². The van der Waals surface area contributed by atoms with Gasteiger partial charge in [0.15, 0.2) is 0 Å². The number of halogens is 2. The van der Waals surface area contributed by atoms with Gasteiger partial charge in [-0.15, -0.1) is 11.3 Å². The summed E-state index contributed by atoms with van der Waals surface area (Å²) in [7, 11) is 0. The molecule has 2 atom stereocenters. The van der Waals surface area contributed by atoms with Gasteiger partial charge in [-0.3, -0.25) is 0 Å². The topological polar surface area (TPSA) is 12.0 Å². The Kier molecular flexibility index (Phi) is 4.38. The fraction of sp³-hybridized carbons (Fsp3) is 0.286. The van der Waals surface area contributed by atoms with Crippen LogP contribution in [0.5, 0.6) is 0 Å². The van der Waals surface area contributed by atoms with E-state index in [0.717, 1.165) is 9.90 Å². The van der Waals surface area contributed by atoms with Crippen molar-refractivity contribution in [3.05, 3.63) is 57.0 Å². The molecule has 0 amide bonds. The third-order valence-electron chi connectivity index (χ3n) is 2.96. The number of benzene rings is 1. The van der Waals surface area contributed by atoms with Gasteiger partial charge < -0.3 is 5.32 Å². The number of hydrogen-bond donors (Lipinski definition) is 1. The molecule has 0 saturated heterocycles. The zero-order valence-electron chi connectivity index (χ0n) is 10.3. The van der Waals surface area contributed by atoms with E-state index in [1.807, 2.05) is 6.07 Å². The molecule has 1 aromatic heterocycles. The molecule has 18 heavy (non-hydrogen) atoms. The van der Waals surface area contributed by atoms with Crippen molar-refractivity contribution in [3.63, 3.8) is 0 Å². The van der Waals surface area contributed by atoms with Gasteiger partial charge in [0.25, 0.3) is 0 Å². The summed E-state index contributed by atoms with van der Waals surface area (Å²) in [6.07, 6.45) is 0. The molecule has 0 aliphatic carbocycles. The van der Waals surface area contributed by atoms with Crippen LogP contribution in [0.25, 0.3) is 0 Å². The van der Waals surface area contributed by atoms with Gasteiger partial charge in [-0.25, -0.2) is 4.39 Å². The molecule has 2 unspecified atom stereocenters. The van der Waals surface area contributed by atoms with E-state index in [0.29, 0.717) is 0 Å². The summed E-state index contributed by atoms with van der Waals surface area (Å²) in [6.45, 7) is 4.16. The van der Waals surface area contributed by atoms with E-state index in [2.05, 4.69) is 24.5 Å². The molecule has 0 fully saturated rings. The van der Waals surface area contributed by atoms with Crippen LogP contribution in [0.4, 0.5) is 4.39 Å². The van der Waals surface area contributed by atoms with Crippen LogP contribution in [0.1, 0.15) is 37.1 Å². The first-order chi connectivity index (χ1) is 8.56. The minimum Gasteiger partial charge on any atom is -0.304 e. The monoisotopic (exact) mass is 283 g/mol. The predicted molar refractivity (Wildman–Crippen MR) is 75.7 cm³/mol. The largest absolute Gasteiger partial charge is 0.304 e. The SMILES string of the molecule is CC(NC(C)c1csc(Cl)c1)c1ccc(F)cc1. The summed E-state index contributed by atoms with van der Waals surface area (Å²) in [5.41, 5.74) is 2.25. The van der Waals surface area contributed by atoms with Crippen LogP contribution >= 0.6 is 22.9 Å². The molecule has 96 valence electrons. The molecule has 0 aliphatic heterocycles. The minimum atomic E-state index is -0.205. The number of nitrogens with one attached hydrogen (secondary N) is 1. The Hall–Kier alpha value is -0.900. The fourth-order valence-corrected chi connectivity index (χ4v) is 2.85. The maximum atomic E-state index is 12.8. The van der Waals surface area contributed by atoms with Crippen molar-refractivity contribution in [3.8, 4) is 0 Å². The molecule has 0 saturated carbocycles. The Morgan fingerprint density at radius 2 is 1.72 bits per heavy atom. The lowest BCUT2D eigenvalue weighted by molar-refractivity contribution is 0.495. The van der Waals surface area contributed by atoms with Gasteiger partial charge in [-0.2, -0.15) is 0 Å². The molecule has 4 heteroatoms. The van der Waals surface area contributed by atoms with Crippen LogP contribution in [-0.2, 0) is 0 Å². The molecule has 2 rings (SSSR count). The molecule has 0 aliphatic rings. The van der Waals surface area contributed by atoms with E-state index >= 15 is 0 Å². The Morgan fingerprint density at radius 3 is 2.28 bits per heavy atom. The zero-order valence-corrected chi connectivity index (χ0v) is 11.9. The molecular weight excluding hydrogens is 269 g/mol. The van der Waals surface area contributed by atoms with E-state index in [4.69, 9.17) is 11.6 Å². The van der Waals surface area contributed by atoms with E-state index in [1.54, 1.807) is 12.1 Å². The van der Waals surface area contributed by atoms with E-state index in [9.17, 15) is 4.39 Å². The van der Waals surface area contributed by atoms with Crippen molar-refractivity contribution >= 4 is 22.9 Å². The molecule has 1 aromatic carbocycles. The summed E-state index contributed by atoms with van der Waals surface area (Å²) in [5.74, 6) is -0.205. The minimum absolute atomic E-state index is 0.166. The quantitative estimate of drug-likeness (QED) is 0.837. The first kappa shape index (κ1) is 13.5. The van der Waals surface area contributed by atoms with Crippen LogP contribution in [0.2, 0.25) is 4.34 Å². The van der Waals surface area contributed by atoms with Crippen molar-refractivity contribution in [1.82, 2.24) is 5.32 Å². The van der Waals surface area contributed by atoms with Crippen molar-refractivity contribution in [2.24, 2.45) is 0 Å². The molecule has 0 radical (unpaired) electrons. The number of thiophene rings is 1. The van der Waals surface area contributed by atoms with Crippen molar-refractivity contribution in [1.29, 1.82) is 0 Å². The summed E-state index contributed by atoms with van der Waals surface area (Å²) >= 11 is 7.46. The third-order valence-corrected chi connectivity index (χ3v) is 4.07. The fourth-order valence-electron chi connectivity index (χ4n) is 1.87. The zero-order chi connectivity index (χ0) is 13.1. The van der Waals surface area contributed by atoms with Gasteiger partial charge in [-0.1, -0.05) is 23.7 Å². The van der Waals surface area contributed by atoms with E-state index in [1.165, 1.54) is 29.0 Å². The lowest BCUT2D eigenvalue weighted by atomic mass is 10.1. The number of hydrogen-bond acceptors (Lipinski definition) is 2. The normalized spacial score (nSPS) is 14.4. The summed E-state index contributed by atoms with van der Waals surface area (Å²) in [5, 5.41) is 5.52. The van der Waals surface area contributed by atoms with Crippen molar-refractivity contribution in [2.75, 3.05) is 0 Å². The smallest absolute Gasteiger partial charge is 0.123 e. The molecule has 1 N–H and O–H groups in total. The average molecular weight is 284 g/mol. The highest BCUT2D eigenvalue weighted by molar-refractivity contribution is 7.14. The van der Waals surface area contributed by atoms with Crippen LogP contribution < -0.4 is 5.32 Å². The Balaban J connectivity index is 2.02. The third kappa shape index (κ3) is 3.31. The predicted octanol–water partition coefficient (Wildman–Crippen LogP) is 4.95.